The molecule has 3 amide bonds. The largest absolute Gasteiger partial charge is 0.465 e. The van der Waals surface area contributed by atoms with Crippen molar-refractivity contribution in [3.8, 4) is 0 Å². The average molecular weight is 429 g/mol. The molecule has 8 heteroatoms. The lowest BCUT2D eigenvalue weighted by molar-refractivity contribution is -0.149. The van der Waals surface area contributed by atoms with Gasteiger partial charge in [-0.2, -0.15) is 0 Å². The van der Waals surface area contributed by atoms with Crippen molar-refractivity contribution >= 4 is 17.9 Å². The molecule has 0 aromatic heterocycles. The Morgan fingerprint density at radius 2 is 1.94 bits per heavy atom. The van der Waals surface area contributed by atoms with Gasteiger partial charge in [0.2, 0.25) is 11.8 Å². The van der Waals surface area contributed by atoms with Crippen molar-refractivity contribution in [1.82, 2.24) is 14.7 Å². The lowest BCUT2D eigenvalue weighted by Crippen LogP contribution is -2.60. The number of amides is 3. The molecule has 1 saturated heterocycles. The van der Waals surface area contributed by atoms with Crippen LogP contribution in [-0.2, 0) is 16.0 Å². The van der Waals surface area contributed by atoms with Gasteiger partial charge >= 0.3 is 6.09 Å². The average Bonchev–Trinajstić information content (AvgIpc) is 2.75. The van der Waals surface area contributed by atoms with Gasteiger partial charge in [0, 0.05) is 25.7 Å². The maximum atomic E-state index is 13.5. The minimum absolute atomic E-state index is 0.0708. The molecule has 166 valence electrons. The second-order valence-electron chi connectivity index (χ2n) is 8.60. The van der Waals surface area contributed by atoms with Crippen molar-refractivity contribution in [2.45, 2.75) is 57.4 Å². The number of rotatable bonds is 5. The maximum absolute atomic E-state index is 13.5. The fourth-order valence-electron chi connectivity index (χ4n) is 4.93. The predicted molar refractivity (Wildman–Crippen MR) is 111 cm³/mol. The van der Waals surface area contributed by atoms with Crippen LogP contribution >= 0.6 is 0 Å². The molecule has 2 aliphatic heterocycles. The zero-order valence-corrected chi connectivity index (χ0v) is 17.5. The van der Waals surface area contributed by atoms with E-state index in [4.69, 9.17) is 0 Å². The monoisotopic (exact) mass is 429 g/mol. The van der Waals surface area contributed by atoms with Crippen LogP contribution < -0.4 is 0 Å². The van der Waals surface area contributed by atoms with E-state index in [1.54, 1.807) is 12.1 Å². The van der Waals surface area contributed by atoms with E-state index < -0.39 is 12.1 Å². The molecule has 2 fully saturated rings. The van der Waals surface area contributed by atoms with Crippen molar-refractivity contribution in [3.63, 3.8) is 0 Å². The van der Waals surface area contributed by atoms with Crippen molar-refractivity contribution < 1.29 is 23.9 Å². The summed E-state index contributed by atoms with van der Waals surface area (Å²) in [5.41, 5.74) is 0.757. The highest BCUT2D eigenvalue weighted by atomic mass is 19.1. The Balaban J connectivity index is 1.61. The summed E-state index contributed by atoms with van der Waals surface area (Å²) in [5.74, 6) is -0.130. The zero-order valence-electron chi connectivity index (χ0n) is 17.5. The normalized spacial score (nSPS) is 22.4. The van der Waals surface area contributed by atoms with Gasteiger partial charge in [-0.1, -0.05) is 44.2 Å². The second kappa shape index (κ2) is 9.08. The fraction of sp³-hybridized carbons (Fsp3) is 0.522. The van der Waals surface area contributed by atoms with Crippen LogP contribution in [0.2, 0.25) is 0 Å². The van der Waals surface area contributed by atoms with E-state index in [9.17, 15) is 23.9 Å². The number of benzene rings is 1. The van der Waals surface area contributed by atoms with Gasteiger partial charge in [0.25, 0.3) is 0 Å². The van der Waals surface area contributed by atoms with Gasteiger partial charge in [-0.15, -0.1) is 0 Å². The summed E-state index contributed by atoms with van der Waals surface area (Å²) in [6.07, 6.45) is 6.87. The number of carboxylic acid groups (broad SMARTS) is 1. The lowest BCUT2D eigenvalue weighted by atomic mass is 9.83. The van der Waals surface area contributed by atoms with Gasteiger partial charge in [-0.05, 0) is 36.5 Å². The van der Waals surface area contributed by atoms with Crippen molar-refractivity contribution in [2.75, 3.05) is 13.1 Å². The molecular weight excluding hydrogens is 401 g/mol. The molecule has 1 N–H and O–H groups in total. The molecular formula is C23H28FN3O4. The van der Waals surface area contributed by atoms with Crippen LogP contribution in [0.25, 0.3) is 0 Å². The van der Waals surface area contributed by atoms with Gasteiger partial charge < -0.3 is 10.0 Å². The summed E-state index contributed by atoms with van der Waals surface area (Å²) in [7, 11) is 0. The molecule has 3 aliphatic rings. The summed E-state index contributed by atoms with van der Waals surface area (Å²) < 4.78 is 13.5. The standard InChI is InChI=1S/C23H28FN3O4/c24-18-8-4-7-17(13-18)9-11-25-15-20-26(23(30)31)12-10-21(28)27(20)19(22(25)29)14-16-5-2-1-3-6-16/h4,7-8,13,15-16,19H,1-3,5-6,9-12,14H2,(H,30,31)/t19-/m0/s1. The van der Waals surface area contributed by atoms with E-state index in [1.807, 2.05) is 0 Å². The quantitative estimate of drug-likeness (QED) is 0.776. The highest BCUT2D eigenvalue weighted by Gasteiger charge is 2.45. The van der Waals surface area contributed by atoms with Crippen molar-refractivity contribution in [2.24, 2.45) is 5.92 Å². The molecule has 0 unspecified atom stereocenters. The Morgan fingerprint density at radius 1 is 1.16 bits per heavy atom. The first-order valence-electron chi connectivity index (χ1n) is 11.0. The van der Waals surface area contributed by atoms with Crippen LogP contribution in [0.3, 0.4) is 0 Å². The molecule has 4 rings (SSSR count). The molecule has 1 saturated carbocycles. The number of carbonyl (C=O) groups is 3. The van der Waals surface area contributed by atoms with Gasteiger partial charge in [-0.3, -0.25) is 19.4 Å². The third kappa shape index (κ3) is 4.57. The molecule has 1 aliphatic carbocycles. The first-order chi connectivity index (χ1) is 14.9. The summed E-state index contributed by atoms with van der Waals surface area (Å²) >= 11 is 0. The first kappa shape index (κ1) is 21.3. The van der Waals surface area contributed by atoms with Crippen LogP contribution in [0.15, 0.2) is 36.3 Å². The third-order valence-corrected chi connectivity index (χ3v) is 6.54. The van der Waals surface area contributed by atoms with E-state index in [-0.39, 0.29) is 36.4 Å². The Bertz CT molecular complexity index is 897. The Labute approximate surface area is 181 Å². The Hall–Kier alpha value is -2.90. The number of nitrogens with zero attached hydrogens (tertiary/aromatic N) is 3. The lowest BCUT2D eigenvalue weighted by Gasteiger charge is -2.46. The summed E-state index contributed by atoms with van der Waals surface area (Å²) in [5, 5.41) is 9.66. The molecule has 2 heterocycles. The zero-order chi connectivity index (χ0) is 22.0. The number of hydrogen-bond acceptors (Lipinski definition) is 3. The van der Waals surface area contributed by atoms with Gasteiger partial charge in [0.05, 0.1) is 0 Å². The van der Waals surface area contributed by atoms with E-state index in [2.05, 4.69) is 0 Å². The van der Waals surface area contributed by atoms with Crippen LogP contribution in [0, 0.1) is 11.7 Å². The van der Waals surface area contributed by atoms with Gasteiger partial charge in [0.1, 0.15) is 17.7 Å². The second-order valence-corrected chi connectivity index (χ2v) is 8.60. The molecule has 0 spiro atoms. The summed E-state index contributed by atoms with van der Waals surface area (Å²) in [4.78, 5) is 42.1. The minimum atomic E-state index is -1.14. The molecule has 0 radical (unpaired) electrons. The Kier molecular flexibility index (Phi) is 6.25. The topological polar surface area (TPSA) is 81.2 Å². The first-order valence-corrected chi connectivity index (χ1v) is 11.0. The van der Waals surface area contributed by atoms with Gasteiger partial charge in [0.15, 0.2) is 0 Å². The smallest absolute Gasteiger partial charge is 0.413 e. The highest BCUT2D eigenvalue weighted by molar-refractivity contribution is 5.92. The Morgan fingerprint density at radius 3 is 2.65 bits per heavy atom. The van der Waals surface area contributed by atoms with Crippen LogP contribution in [-0.4, -0.2) is 56.8 Å². The maximum Gasteiger partial charge on any atom is 0.413 e. The highest BCUT2D eigenvalue weighted by Crippen LogP contribution is 2.34. The molecule has 1 aromatic rings. The van der Waals surface area contributed by atoms with Crippen LogP contribution in [0.1, 0.15) is 50.5 Å². The molecule has 0 bridgehead atoms. The predicted octanol–water partition coefficient (Wildman–Crippen LogP) is 3.56. The number of fused-ring (bicyclic) bond motifs is 1. The van der Waals surface area contributed by atoms with Crippen molar-refractivity contribution in [1.29, 1.82) is 0 Å². The molecule has 1 aromatic carbocycles. The fourth-order valence-corrected chi connectivity index (χ4v) is 4.93. The van der Waals surface area contributed by atoms with E-state index >= 15 is 0 Å². The molecule has 1 atom stereocenters. The summed E-state index contributed by atoms with van der Waals surface area (Å²) in [6.45, 7) is 0.376. The number of halogens is 1. The third-order valence-electron chi connectivity index (χ3n) is 6.54. The van der Waals surface area contributed by atoms with Crippen LogP contribution in [0.4, 0.5) is 9.18 Å². The van der Waals surface area contributed by atoms with Crippen molar-refractivity contribution in [3.05, 3.63) is 47.7 Å². The molecule has 7 nitrogen and oxygen atoms in total. The van der Waals surface area contributed by atoms with Crippen LogP contribution in [0.5, 0.6) is 0 Å². The van der Waals surface area contributed by atoms with E-state index in [0.29, 0.717) is 25.3 Å². The van der Waals surface area contributed by atoms with E-state index in [1.165, 1.54) is 34.6 Å². The molecule has 31 heavy (non-hydrogen) atoms. The van der Waals surface area contributed by atoms with E-state index in [0.717, 1.165) is 36.1 Å². The SMILES string of the molecule is O=C1[C@H](CC2CCCCC2)N2C(=O)CCN(C(=O)O)C2=CN1CCc1cccc(F)c1. The summed E-state index contributed by atoms with van der Waals surface area (Å²) in [6, 6.07) is 5.53. The van der Waals surface area contributed by atoms with Gasteiger partial charge in [-0.25, -0.2) is 9.18 Å². The minimum Gasteiger partial charge on any atom is -0.465 e. The number of hydrogen-bond donors (Lipinski definition) is 1. The number of carbonyl (C=O) groups excluding carboxylic acids is 2.